The summed E-state index contributed by atoms with van der Waals surface area (Å²) >= 11 is 4.89. The molecule has 12 heavy (non-hydrogen) atoms. The predicted molar refractivity (Wildman–Crippen MR) is 45.4 cm³/mol. The van der Waals surface area contributed by atoms with Gasteiger partial charge in [0.1, 0.15) is 11.2 Å². The standard InChI is InChI=1S/C7H6N2O2S/c10-7-9-5-1-6(12)8-2-4(5)3-11-7/h1-2H,3H2,(H,8,12)(H,9,10). The molecule has 2 N–H and O–H groups in total. The molecule has 0 fully saturated rings. The maximum absolute atomic E-state index is 10.8. The Balaban J connectivity index is 2.50. The van der Waals surface area contributed by atoms with Crippen LogP contribution in [-0.4, -0.2) is 11.1 Å². The summed E-state index contributed by atoms with van der Waals surface area (Å²) in [7, 11) is 0. The number of amides is 1. The first-order valence-corrected chi connectivity index (χ1v) is 3.82. The van der Waals surface area contributed by atoms with Crippen LogP contribution in [0, 0.1) is 4.64 Å². The first kappa shape index (κ1) is 7.30. The fourth-order valence-electron chi connectivity index (χ4n) is 1.03. The topological polar surface area (TPSA) is 54.1 Å². The highest BCUT2D eigenvalue weighted by atomic mass is 32.1. The first-order valence-electron chi connectivity index (χ1n) is 3.41. The van der Waals surface area contributed by atoms with E-state index in [1.165, 1.54) is 0 Å². The predicted octanol–water partition coefficient (Wildman–Crippen LogP) is 1.81. The van der Waals surface area contributed by atoms with E-state index in [4.69, 9.17) is 17.0 Å². The number of aromatic nitrogens is 1. The number of aromatic amines is 1. The Labute approximate surface area is 73.6 Å². The molecule has 0 aromatic carbocycles. The summed E-state index contributed by atoms with van der Waals surface area (Å²) in [5, 5.41) is 2.55. The summed E-state index contributed by atoms with van der Waals surface area (Å²) in [5.74, 6) is 0. The summed E-state index contributed by atoms with van der Waals surface area (Å²) in [6.07, 6.45) is 1.31. The second-order valence-corrected chi connectivity index (χ2v) is 2.88. The molecule has 0 saturated heterocycles. The van der Waals surface area contributed by atoms with Gasteiger partial charge in [0.15, 0.2) is 0 Å². The van der Waals surface area contributed by atoms with Gasteiger partial charge in [-0.05, 0) is 6.07 Å². The zero-order valence-corrected chi connectivity index (χ0v) is 6.90. The molecule has 1 amide bonds. The summed E-state index contributed by atoms with van der Waals surface area (Å²) in [5.41, 5.74) is 1.64. The fraction of sp³-hybridized carbons (Fsp3) is 0.143. The van der Waals surface area contributed by atoms with Crippen molar-refractivity contribution in [3.8, 4) is 0 Å². The van der Waals surface area contributed by atoms with Gasteiger partial charge in [-0.3, -0.25) is 5.32 Å². The lowest BCUT2D eigenvalue weighted by Gasteiger charge is -2.16. The van der Waals surface area contributed by atoms with Gasteiger partial charge in [-0.25, -0.2) is 4.79 Å². The third-order valence-electron chi connectivity index (χ3n) is 1.61. The molecule has 0 radical (unpaired) electrons. The number of pyridine rings is 1. The molecule has 5 heteroatoms. The van der Waals surface area contributed by atoms with Gasteiger partial charge in [-0.2, -0.15) is 0 Å². The summed E-state index contributed by atoms with van der Waals surface area (Å²) < 4.78 is 5.33. The van der Waals surface area contributed by atoms with Crippen LogP contribution in [0.1, 0.15) is 5.56 Å². The molecule has 62 valence electrons. The number of ether oxygens (including phenoxy) is 1. The van der Waals surface area contributed by atoms with Crippen LogP contribution in [0.5, 0.6) is 0 Å². The number of H-pyrrole nitrogens is 1. The van der Waals surface area contributed by atoms with Crippen molar-refractivity contribution in [1.29, 1.82) is 0 Å². The highest BCUT2D eigenvalue weighted by molar-refractivity contribution is 7.71. The van der Waals surface area contributed by atoms with Gasteiger partial charge in [0.25, 0.3) is 0 Å². The van der Waals surface area contributed by atoms with Crippen LogP contribution in [0.3, 0.4) is 0 Å². The molecule has 1 aromatic rings. The number of carbonyl (C=O) groups is 1. The molecule has 0 unspecified atom stereocenters. The Kier molecular flexibility index (Phi) is 1.58. The molecule has 0 spiro atoms. The molecule has 0 bridgehead atoms. The van der Waals surface area contributed by atoms with Crippen molar-refractivity contribution >= 4 is 24.0 Å². The Morgan fingerprint density at radius 2 is 2.42 bits per heavy atom. The lowest BCUT2D eigenvalue weighted by atomic mass is 10.2. The minimum atomic E-state index is -0.428. The fourth-order valence-corrected chi connectivity index (χ4v) is 1.20. The van der Waals surface area contributed by atoms with Crippen molar-refractivity contribution in [3.05, 3.63) is 22.5 Å². The van der Waals surface area contributed by atoms with E-state index in [9.17, 15) is 4.79 Å². The number of rotatable bonds is 0. The van der Waals surface area contributed by atoms with Crippen molar-refractivity contribution in [2.75, 3.05) is 5.32 Å². The molecule has 0 atom stereocenters. The average molecular weight is 182 g/mol. The number of carbonyl (C=O) groups excluding carboxylic acids is 1. The van der Waals surface area contributed by atoms with Gasteiger partial charge in [0.2, 0.25) is 0 Å². The molecule has 4 nitrogen and oxygen atoms in total. The van der Waals surface area contributed by atoms with E-state index >= 15 is 0 Å². The van der Waals surface area contributed by atoms with Crippen molar-refractivity contribution in [3.63, 3.8) is 0 Å². The lowest BCUT2D eigenvalue weighted by Crippen LogP contribution is -2.20. The van der Waals surface area contributed by atoms with Crippen molar-refractivity contribution in [2.45, 2.75) is 6.61 Å². The number of anilines is 1. The third kappa shape index (κ3) is 1.18. The van der Waals surface area contributed by atoms with E-state index in [0.29, 0.717) is 11.2 Å². The number of cyclic esters (lactones) is 1. The van der Waals surface area contributed by atoms with Gasteiger partial charge in [0, 0.05) is 11.8 Å². The quantitative estimate of drug-likeness (QED) is 0.601. The highest BCUT2D eigenvalue weighted by Gasteiger charge is 2.14. The van der Waals surface area contributed by atoms with E-state index in [1.807, 2.05) is 0 Å². The third-order valence-corrected chi connectivity index (χ3v) is 1.84. The van der Waals surface area contributed by atoms with E-state index in [0.717, 1.165) is 11.3 Å². The van der Waals surface area contributed by atoms with E-state index in [-0.39, 0.29) is 0 Å². The molecular weight excluding hydrogens is 176 g/mol. The van der Waals surface area contributed by atoms with Crippen LogP contribution in [0.4, 0.5) is 10.5 Å². The Bertz CT molecular complexity index is 385. The van der Waals surface area contributed by atoms with Crippen molar-refractivity contribution in [1.82, 2.24) is 4.98 Å². The maximum atomic E-state index is 10.8. The van der Waals surface area contributed by atoms with E-state index in [1.54, 1.807) is 12.3 Å². The number of nitrogens with one attached hydrogen (secondary N) is 2. The SMILES string of the molecule is O=C1Nc2cc(=S)[nH]cc2CO1. The second-order valence-electron chi connectivity index (χ2n) is 2.44. The molecule has 1 aliphatic heterocycles. The molecular formula is C7H6N2O2S. The van der Waals surface area contributed by atoms with Crippen LogP contribution < -0.4 is 5.32 Å². The minimum absolute atomic E-state index is 0.299. The van der Waals surface area contributed by atoms with Crippen molar-refractivity contribution in [2.24, 2.45) is 0 Å². The molecule has 1 aliphatic rings. The molecule has 1 aromatic heterocycles. The van der Waals surface area contributed by atoms with E-state index < -0.39 is 6.09 Å². The van der Waals surface area contributed by atoms with Crippen molar-refractivity contribution < 1.29 is 9.53 Å². The summed E-state index contributed by atoms with van der Waals surface area (Å²) in [6, 6.07) is 1.70. The Hall–Kier alpha value is -1.36. The van der Waals surface area contributed by atoms with Crippen LogP contribution in [0.2, 0.25) is 0 Å². The molecule has 0 saturated carbocycles. The maximum Gasteiger partial charge on any atom is 0.411 e. The molecule has 0 aliphatic carbocycles. The second kappa shape index (κ2) is 2.60. The van der Waals surface area contributed by atoms with Gasteiger partial charge in [0.05, 0.1) is 5.69 Å². The molecule has 2 heterocycles. The first-order chi connectivity index (χ1) is 5.75. The summed E-state index contributed by atoms with van der Waals surface area (Å²) in [4.78, 5) is 13.6. The van der Waals surface area contributed by atoms with Gasteiger partial charge in [-0.1, -0.05) is 12.2 Å². The highest BCUT2D eigenvalue weighted by Crippen LogP contribution is 2.19. The number of fused-ring (bicyclic) bond motifs is 1. The Morgan fingerprint density at radius 3 is 3.25 bits per heavy atom. The monoisotopic (exact) mass is 182 g/mol. The Morgan fingerprint density at radius 1 is 1.58 bits per heavy atom. The van der Waals surface area contributed by atoms with Crippen LogP contribution in [-0.2, 0) is 11.3 Å². The van der Waals surface area contributed by atoms with Crippen LogP contribution in [0.25, 0.3) is 0 Å². The van der Waals surface area contributed by atoms with Crippen LogP contribution in [0.15, 0.2) is 12.3 Å². The number of hydrogen-bond donors (Lipinski definition) is 2. The average Bonchev–Trinajstić information content (AvgIpc) is 2.03. The van der Waals surface area contributed by atoms with Crippen LogP contribution >= 0.6 is 12.2 Å². The molecule has 2 rings (SSSR count). The van der Waals surface area contributed by atoms with Gasteiger partial charge in [-0.15, -0.1) is 0 Å². The van der Waals surface area contributed by atoms with Gasteiger partial charge < -0.3 is 9.72 Å². The largest absolute Gasteiger partial charge is 0.444 e. The zero-order valence-electron chi connectivity index (χ0n) is 6.09. The normalized spacial score (nSPS) is 14.5. The lowest BCUT2D eigenvalue weighted by molar-refractivity contribution is 0.151. The smallest absolute Gasteiger partial charge is 0.411 e. The van der Waals surface area contributed by atoms with Gasteiger partial charge >= 0.3 is 6.09 Å². The van der Waals surface area contributed by atoms with E-state index in [2.05, 4.69) is 10.3 Å². The number of hydrogen-bond acceptors (Lipinski definition) is 3. The zero-order chi connectivity index (χ0) is 8.55. The minimum Gasteiger partial charge on any atom is -0.444 e. The summed E-state index contributed by atoms with van der Waals surface area (Å²) in [6.45, 7) is 0.299.